The molecule has 1 heterocycles. The monoisotopic (exact) mass is 436 g/mol. The van der Waals surface area contributed by atoms with Crippen LogP contribution in [0.1, 0.15) is 6.42 Å². The van der Waals surface area contributed by atoms with Gasteiger partial charge in [-0.1, -0.05) is 41.9 Å². The highest BCUT2D eigenvalue weighted by Crippen LogP contribution is 2.34. The molecule has 1 aliphatic heterocycles. The number of hydrogen-bond acceptors (Lipinski definition) is 4. The number of nitrogens with zero attached hydrogens (tertiary/aromatic N) is 1. The molecule has 0 aliphatic carbocycles. The largest absolute Gasteiger partial charge is 0.280 e. The summed E-state index contributed by atoms with van der Waals surface area (Å²) in [5, 5.41) is 2.00. The van der Waals surface area contributed by atoms with Crippen LogP contribution in [-0.4, -0.2) is 29.1 Å². The molecule has 0 unspecified atom stereocenters. The maximum atomic E-state index is 12.8. The summed E-state index contributed by atoms with van der Waals surface area (Å²) >= 11 is 6.17. The highest BCUT2D eigenvalue weighted by Gasteiger charge is 2.30. The van der Waals surface area contributed by atoms with Gasteiger partial charge in [0.15, 0.2) is 0 Å². The van der Waals surface area contributed by atoms with Crippen LogP contribution in [0.15, 0.2) is 65.6 Å². The van der Waals surface area contributed by atoms with Gasteiger partial charge in [-0.15, -0.1) is 0 Å². The smallest absolute Gasteiger partial charge is 0.261 e. The second-order valence-corrected chi connectivity index (χ2v) is 10.6. The summed E-state index contributed by atoms with van der Waals surface area (Å²) in [6.45, 7) is 0.322. The van der Waals surface area contributed by atoms with Gasteiger partial charge in [-0.05, 0) is 47.5 Å². The fraction of sp³-hybridized carbons (Fsp3) is 0.158. The normalized spacial score (nSPS) is 16.4. The molecule has 0 saturated carbocycles. The third-order valence-corrected chi connectivity index (χ3v) is 8.15. The quantitative estimate of drug-likeness (QED) is 0.673. The van der Waals surface area contributed by atoms with Crippen molar-refractivity contribution in [3.63, 3.8) is 0 Å². The highest BCUT2D eigenvalue weighted by molar-refractivity contribution is 7.93. The van der Waals surface area contributed by atoms with Crippen molar-refractivity contribution in [1.29, 1.82) is 0 Å². The average molecular weight is 437 g/mol. The molecule has 28 heavy (non-hydrogen) atoms. The first-order chi connectivity index (χ1) is 13.3. The Labute approximate surface area is 168 Å². The van der Waals surface area contributed by atoms with E-state index in [2.05, 4.69) is 4.72 Å². The zero-order valence-corrected chi connectivity index (χ0v) is 17.1. The van der Waals surface area contributed by atoms with Crippen molar-refractivity contribution in [3.05, 3.63) is 65.7 Å². The van der Waals surface area contributed by atoms with Gasteiger partial charge in [0, 0.05) is 6.54 Å². The minimum absolute atomic E-state index is 0.0520. The minimum Gasteiger partial charge on any atom is -0.280 e. The van der Waals surface area contributed by atoms with Gasteiger partial charge in [0.1, 0.15) is 0 Å². The number of anilines is 2. The Kier molecular flexibility index (Phi) is 4.73. The number of sulfonamides is 2. The van der Waals surface area contributed by atoms with Gasteiger partial charge >= 0.3 is 0 Å². The lowest BCUT2D eigenvalue weighted by Gasteiger charge is -2.19. The number of rotatable bonds is 4. The topological polar surface area (TPSA) is 83.6 Å². The lowest BCUT2D eigenvalue weighted by atomic mass is 10.1. The van der Waals surface area contributed by atoms with Crippen molar-refractivity contribution in [2.45, 2.75) is 11.3 Å². The van der Waals surface area contributed by atoms with E-state index in [-0.39, 0.29) is 27.0 Å². The fourth-order valence-corrected chi connectivity index (χ4v) is 6.15. The van der Waals surface area contributed by atoms with Gasteiger partial charge in [0.05, 0.1) is 27.0 Å². The van der Waals surface area contributed by atoms with E-state index in [4.69, 9.17) is 11.6 Å². The molecule has 1 saturated heterocycles. The van der Waals surface area contributed by atoms with Crippen LogP contribution in [0, 0.1) is 0 Å². The maximum Gasteiger partial charge on any atom is 0.261 e. The Morgan fingerprint density at radius 2 is 1.71 bits per heavy atom. The number of benzene rings is 3. The summed E-state index contributed by atoms with van der Waals surface area (Å²) in [5.41, 5.74) is 0.521. The van der Waals surface area contributed by atoms with Crippen LogP contribution in [-0.2, 0) is 20.0 Å². The van der Waals surface area contributed by atoms with Crippen LogP contribution < -0.4 is 9.03 Å². The molecule has 6 nitrogen and oxygen atoms in total. The summed E-state index contributed by atoms with van der Waals surface area (Å²) in [6, 6.07) is 16.8. The Morgan fingerprint density at radius 1 is 0.964 bits per heavy atom. The molecule has 3 aromatic carbocycles. The summed E-state index contributed by atoms with van der Waals surface area (Å²) in [7, 11) is -7.28. The van der Waals surface area contributed by atoms with Crippen molar-refractivity contribution in [2.24, 2.45) is 0 Å². The molecule has 4 rings (SSSR count). The third kappa shape index (κ3) is 3.55. The lowest BCUT2D eigenvalue weighted by Crippen LogP contribution is -2.25. The van der Waals surface area contributed by atoms with Crippen LogP contribution in [0.5, 0.6) is 0 Å². The van der Waals surface area contributed by atoms with Crippen molar-refractivity contribution in [1.82, 2.24) is 0 Å². The molecule has 3 aromatic rings. The molecule has 0 atom stereocenters. The summed E-state index contributed by atoms with van der Waals surface area (Å²) in [6.07, 6.45) is 0.506. The predicted molar refractivity (Wildman–Crippen MR) is 112 cm³/mol. The highest BCUT2D eigenvalue weighted by atomic mass is 35.5. The first kappa shape index (κ1) is 19.0. The van der Waals surface area contributed by atoms with E-state index >= 15 is 0 Å². The lowest BCUT2D eigenvalue weighted by molar-refractivity contribution is 0.598. The number of fused-ring (bicyclic) bond motifs is 1. The van der Waals surface area contributed by atoms with Gasteiger partial charge < -0.3 is 0 Å². The van der Waals surface area contributed by atoms with Crippen LogP contribution in [0.25, 0.3) is 10.8 Å². The van der Waals surface area contributed by atoms with Gasteiger partial charge in [-0.25, -0.2) is 16.8 Å². The molecule has 0 bridgehead atoms. The Morgan fingerprint density at radius 3 is 2.43 bits per heavy atom. The van der Waals surface area contributed by atoms with E-state index in [1.165, 1.54) is 28.6 Å². The Bertz CT molecular complexity index is 1270. The molecule has 0 amide bonds. The molecule has 1 N–H and O–H groups in total. The molecular formula is C19H17ClN2O4S2. The molecule has 0 aromatic heterocycles. The number of halogens is 1. The average Bonchev–Trinajstić information content (AvgIpc) is 3.01. The van der Waals surface area contributed by atoms with E-state index in [9.17, 15) is 16.8 Å². The van der Waals surface area contributed by atoms with Crippen LogP contribution in [0.2, 0.25) is 5.02 Å². The van der Waals surface area contributed by atoms with E-state index in [1.807, 2.05) is 24.3 Å². The first-order valence-corrected chi connectivity index (χ1v) is 12.0. The van der Waals surface area contributed by atoms with Gasteiger partial charge in [-0.2, -0.15) is 0 Å². The van der Waals surface area contributed by atoms with Crippen LogP contribution in [0.3, 0.4) is 0 Å². The van der Waals surface area contributed by atoms with Crippen LogP contribution >= 0.6 is 11.6 Å². The second-order valence-electron chi connectivity index (χ2n) is 6.52. The van der Waals surface area contributed by atoms with Gasteiger partial charge in [0.25, 0.3) is 10.0 Å². The van der Waals surface area contributed by atoms with E-state index in [1.54, 1.807) is 12.1 Å². The zero-order valence-electron chi connectivity index (χ0n) is 14.7. The molecule has 9 heteroatoms. The molecule has 1 fully saturated rings. The van der Waals surface area contributed by atoms with Crippen molar-refractivity contribution >= 4 is 53.8 Å². The molecule has 0 radical (unpaired) electrons. The Balaban J connectivity index is 1.69. The molecule has 0 spiro atoms. The van der Waals surface area contributed by atoms with Crippen molar-refractivity contribution in [3.8, 4) is 0 Å². The van der Waals surface area contributed by atoms with Crippen molar-refractivity contribution < 1.29 is 16.8 Å². The number of nitrogens with one attached hydrogen (secondary N) is 1. The molecular weight excluding hydrogens is 420 g/mol. The zero-order chi connectivity index (χ0) is 19.9. The number of hydrogen-bond donors (Lipinski definition) is 1. The SMILES string of the molecule is O=S(=O)(Nc1ccc(Cl)c(N2CCCS2(=O)=O)c1)c1ccc2ccccc2c1. The van der Waals surface area contributed by atoms with E-state index < -0.39 is 20.0 Å². The second kappa shape index (κ2) is 6.95. The third-order valence-electron chi connectivity index (χ3n) is 4.60. The summed E-state index contributed by atoms with van der Waals surface area (Å²) in [4.78, 5) is 0.122. The maximum absolute atomic E-state index is 12.8. The summed E-state index contributed by atoms with van der Waals surface area (Å²) < 4.78 is 53.7. The fourth-order valence-electron chi connectivity index (χ4n) is 3.23. The molecule has 1 aliphatic rings. The van der Waals surface area contributed by atoms with E-state index in [0.717, 1.165) is 10.8 Å². The van der Waals surface area contributed by atoms with E-state index in [0.29, 0.717) is 13.0 Å². The predicted octanol–water partition coefficient (Wildman–Crippen LogP) is 3.83. The van der Waals surface area contributed by atoms with Crippen LogP contribution in [0.4, 0.5) is 11.4 Å². The standard InChI is InChI=1S/C19H17ClN2O4S2/c20-18-9-7-16(13-19(18)22-10-3-11-27(22,23)24)21-28(25,26)17-8-6-14-4-1-2-5-15(14)12-17/h1-2,4-9,12-13,21H,3,10-11H2. The minimum atomic E-state index is -3.85. The Hall–Kier alpha value is -2.29. The van der Waals surface area contributed by atoms with Gasteiger partial charge in [-0.3, -0.25) is 9.03 Å². The molecule has 146 valence electrons. The first-order valence-electron chi connectivity index (χ1n) is 8.58. The van der Waals surface area contributed by atoms with Gasteiger partial charge in [0.2, 0.25) is 10.0 Å². The summed E-state index contributed by atoms with van der Waals surface area (Å²) in [5.74, 6) is 0.0520. The van der Waals surface area contributed by atoms with Crippen molar-refractivity contribution in [2.75, 3.05) is 21.3 Å².